The van der Waals surface area contributed by atoms with Gasteiger partial charge >= 0.3 is 0 Å². The largest absolute Gasteiger partial charge is 0.369 e. The molecule has 0 aliphatic heterocycles. The van der Waals surface area contributed by atoms with Gasteiger partial charge in [-0.25, -0.2) is 5.84 Å². The highest BCUT2D eigenvalue weighted by molar-refractivity contribution is 5.83. The van der Waals surface area contributed by atoms with Crippen LogP contribution in [0, 0.1) is 0 Å². The summed E-state index contributed by atoms with van der Waals surface area (Å²) in [7, 11) is 1.45. The molecular formula is C6H16N2O2. The molecule has 0 saturated heterocycles. The van der Waals surface area contributed by atoms with E-state index in [2.05, 4.69) is 0 Å². The molecule has 0 aromatic carbocycles. The van der Waals surface area contributed by atoms with E-state index in [-0.39, 0.29) is 13.3 Å². The van der Waals surface area contributed by atoms with E-state index in [4.69, 9.17) is 10.6 Å². The molecule has 0 spiro atoms. The SMILES string of the molecule is C.COC(C)(C)C(=O)NN. The zero-order valence-corrected chi connectivity index (χ0v) is 5.89. The van der Waals surface area contributed by atoms with Gasteiger partial charge in [0.05, 0.1) is 0 Å². The lowest BCUT2D eigenvalue weighted by Gasteiger charge is -2.19. The third-order valence-corrected chi connectivity index (χ3v) is 1.19. The van der Waals surface area contributed by atoms with Crippen molar-refractivity contribution in [3.8, 4) is 0 Å². The summed E-state index contributed by atoms with van der Waals surface area (Å²) in [5.74, 6) is 4.53. The van der Waals surface area contributed by atoms with E-state index in [0.29, 0.717) is 0 Å². The highest BCUT2D eigenvalue weighted by atomic mass is 16.5. The van der Waals surface area contributed by atoms with Crippen molar-refractivity contribution in [2.45, 2.75) is 26.9 Å². The predicted molar refractivity (Wildman–Crippen MR) is 40.1 cm³/mol. The van der Waals surface area contributed by atoms with Crippen LogP contribution in [-0.4, -0.2) is 18.6 Å². The topological polar surface area (TPSA) is 64.3 Å². The lowest BCUT2D eigenvalue weighted by atomic mass is 10.1. The number of nitrogens with two attached hydrogens (primary N) is 1. The fourth-order valence-corrected chi connectivity index (χ4v) is 0.266. The van der Waals surface area contributed by atoms with Gasteiger partial charge in [-0.1, -0.05) is 7.43 Å². The normalized spacial score (nSPS) is 10.0. The number of nitrogens with one attached hydrogen (secondary N) is 1. The number of hydrogen-bond acceptors (Lipinski definition) is 3. The van der Waals surface area contributed by atoms with Gasteiger partial charge in [-0.15, -0.1) is 0 Å². The quantitative estimate of drug-likeness (QED) is 0.330. The molecule has 10 heavy (non-hydrogen) atoms. The molecule has 0 unspecified atom stereocenters. The van der Waals surface area contributed by atoms with E-state index in [1.165, 1.54) is 7.11 Å². The molecule has 0 rings (SSSR count). The van der Waals surface area contributed by atoms with Crippen LogP contribution in [0.2, 0.25) is 0 Å². The van der Waals surface area contributed by atoms with E-state index in [9.17, 15) is 4.79 Å². The molecular weight excluding hydrogens is 132 g/mol. The van der Waals surface area contributed by atoms with Gasteiger partial charge in [0.1, 0.15) is 5.60 Å². The fourth-order valence-electron chi connectivity index (χ4n) is 0.266. The maximum absolute atomic E-state index is 10.7. The minimum absolute atomic E-state index is 0. The average Bonchev–Trinajstić information content (AvgIpc) is 1.86. The standard InChI is InChI=1S/C5H12N2O2.CH4/c1-5(2,9-3)4(8)7-6;/h6H2,1-3H3,(H,7,8);1H4. The lowest BCUT2D eigenvalue weighted by molar-refractivity contribution is -0.139. The van der Waals surface area contributed by atoms with Gasteiger partial charge in [0, 0.05) is 7.11 Å². The Morgan fingerprint density at radius 2 is 2.00 bits per heavy atom. The Balaban J connectivity index is 0. The van der Waals surface area contributed by atoms with Crippen molar-refractivity contribution in [3.63, 3.8) is 0 Å². The number of carbonyl (C=O) groups excluding carboxylic acids is 1. The van der Waals surface area contributed by atoms with Gasteiger partial charge < -0.3 is 4.74 Å². The summed E-state index contributed by atoms with van der Waals surface area (Å²) in [5, 5.41) is 0. The minimum atomic E-state index is -0.825. The van der Waals surface area contributed by atoms with Crippen LogP contribution in [0.25, 0.3) is 0 Å². The van der Waals surface area contributed by atoms with E-state index in [0.717, 1.165) is 0 Å². The molecule has 4 nitrogen and oxygen atoms in total. The molecule has 62 valence electrons. The maximum atomic E-state index is 10.7. The van der Waals surface area contributed by atoms with Crippen LogP contribution >= 0.6 is 0 Å². The number of hydrazine groups is 1. The first kappa shape index (κ1) is 12.1. The van der Waals surface area contributed by atoms with Crippen LogP contribution in [0.1, 0.15) is 21.3 Å². The van der Waals surface area contributed by atoms with Crippen molar-refractivity contribution in [2.24, 2.45) is 5.84 Å². The molecule has 1 amide bonds. The monoisotopic (exact) mass is 148 g/mol. The van der Waals surface area contributed by atoms with Gasteiger partial charge in [0.15, 0.2) is 0 Å². The second-order valence-corrected chi connectivity index (χ2v) is 2.19. The second-order valence-electron chi connectivity index (χ2n) is 2.19. The molecule has 0 bridgehead atoms. The van der Waals surface area contributed by atoms with Crippen LogP contribution in [0.15, 0.2) is 0 Å². The van der Waals surface area contributed by atoms with Crippen molar-refractivity contribution in [3.05, 3.63) is 0 Å². The van der Waals surface area contributed by atoms with Crippen molar-refractivity contribution >= 4 is 5.91 Å². The van der Waals surface area contributed by atoms with Gasteiger partial charge in [0.25, 0.3) is 5.91 Å². The van der Waals surface area contributed by atoms with Gasteiger partial charge in [0.2, 0.25) is 0 Å². The molecule has 0 aromatic heterocycles. The van der Waals surface area contributed by atoms with Crippen LogP contribution < -0.4 is 11.3 Å². The third kappa shape index (κ3) is 2.80. The summed E-state index contributed by atoms with van der Waals surface area (Å²) in [4.78, 5) is 10.7. The Morgan fingerprint density at radius 1 is 1.60 bits per heavy atom. The molecule has 0 radical (unpaired) electrons. The van der Waals surface area contributed by atoms with Gasteiger partial charge in [-0.3, -0.25) is 10.2 Å². The number of rotatable bonds is 2. The van der Waals surface area contributed by atoms with Crippen molar-refractivity contribution < 1.29 is 9.53 Å². The number of carbonyl (C=O) groups is 1. The van der Waals surface area contributed by atoms with E-state index >= 15 is 0 Å². The number of hydrogen-bond donors (Lipinski definition) is 2. The Labute approximate surface area is 61.7 Å². The van der Waals surface area contributed by atoms with Crippen LogP contribution in [0.3, 0.4) is 0 Å². The van der Waals surface area contributed by atoms with Crippen LogP contribution in [0.5, 0.6) is 0 Å². The predicted octanol–water partition coefficient (Wildman–Crippen LogP) is 0.0374. The number of ether oxygens (including phenoxy) is 1. The summed E-state index contributed by atoms with van der Waals surface area (Å²) < 4.78 is 4.80. The van der Waals surface area contributed by atoms with Gasteiger partial charge in [-0.2, -0.15) is 0 Å². The van der Waals surface area contributed by atoms with E-state index in [1.54, 1.807) is 13.8 Å². The zero-order valence-electron chi connectivity index (χ0n) is 5.89. The highest BCUT2D eigenvalue weighted by Crippen LogP contribution is 2.05. The summed E-state index contributed by atoms with van der Waals surface area (Å²) >= 11 is 0. The molecule has 4 heteroatoms. The third-order valence-electron chi connectivity index (χ3n) is 1.19. The van der Waals surface area contributed by atoms with Gasteiger partial charge in [-0.05, 0) is 13.8 Å². The first-order valence-electron chi connectivity index (χ1n) is 2.61. The first-order valence-corrected chi connectivity index (χ1v) is 2.61. The summed E-state index contributed by atoms with van der Waals surface area (Å²) in [6.07, 6.45) is 0. The maximum Gasteiger partial charge on any atom is 0.265 e. The summed E-state index contributed by atoms with van der Waals surface area (Å²) in [6.45, 7) is 3.27. The Bertz CT molecular complexity index is 112. The Hall–Kier alpha value is -0.610. The average molecular weight is 148 g/mol. The van der Waals surface area contributed by atoms with Crippen molar-refractivity contribution in [2.75, 3.05) is 7.11 Å². The number of amides is 1. The van der Waals surface area contributed by atoms with Crippen LogP contribution in [0.4, 0.5) is 0 Å². The number of methoxy groups -OCH3 is 1. The van der Waals surface area contributed by atoms with Crippen molar-refractivity contribution in [1.29, 1.82) is 0 Å². The smallest absolute Gasteiger partial charge is 0.265 e. The first-order chi connectivity index (χ1) is 4.04. The summed E-state index contributed by atoms with van der Waals surface area (Å²) in [5.41, 5.74) is 1.17. The molecule has 0 saturated carbocycles. The summed E-state index contributed by atoms with van der Waals surface area (Å²) in [6, 6.07) is 0. The Morgan fingerprint density at radius 3 is 2.10 bits per heavy atom. The molecule has 0 aromatic rings. The van der Waals surface area contributed by atoms with Crippen LogP contribution in [-0.2, 0) is 9.53 Å². The second kappa shape index (κ2) is 4.24. The molecule has 0 aliphatic rings. The zero-order chi connectivity index (χ0) is 7.49. The minimum Gasteiger partial charge on any atom is -0.369 e. The highest BCUT2D eigenvalue weighted by Gasteiger charge is 2.25. The Kier molecular flexibility index (Phi) is 5.14. The van der Waals surface area contributed by atoms with E-state index in [1.807, 2.05) is 5.43 Å². The van der Waals surface area contributed by atoms with E-state index < -0.39 is 5.60 Å². The molecule has 0 fully saturated rings. The molecule has 0 atom stereocenters. The fraction of sp³-hybridized carbons (Fsp3) is 0.833. The molecule has 0 aliphatic carbocycles. The molecule has 3 N–H and O–H groups in total. The lowest BCUT2D eigenvalue weighted by Crippen LogP contribution is -2.46. The van der Waals surface area contributed by atoms with Crippen molar-refractivity contribution in [1.82, 2.24) is 5.43 Å². The molecule has 0 heterocycles.